The van der Waals surface area contributed by atoms with Gasteiger partial charge in [-0.05, 0) is 6.07 Å². The Morgan fingerprint density at radius 3 is 2.68 bits per heavy atom. The normalized spacial score (nSPS) is 10.0. The van der Waals surface area contributed by atoms with Crippen LogP contribution in [0.1, 0.15) is 5.56 Å². The van der Waals surface area contributed by atoms with Crippen molar-refractivity contribution >= 4 is 22.4 Å². The number of fused-ring (bicyclic) bond motifs is 1. The third-order valence-electron chi connectivity index (χ3n) is 3.21. The summed E-state index contributed by atoms with van der Waals surface area (Å²) < 4.78 is 5.09. The van der Waals surface area contributed by atoms with E-state index in [0.717, 1.165) is 11.3 Å². The molecule has 1 heterocycles. The van der Waals surface area contributed by atoms with Gasteiger partial charge in [-0.15, -0.1) is 6.07 Å². The molecule has 3 aromatic rings. The van der Waals surface area contributed by atoms with Crippen molar-refractivity contribution in [3.05, 3.63) is 55.2 Å². The number of hydrogen-bond acceptors (Lipinski definition) is 5. The van der Waals surface area contributed by atoms with Crippen molar-refractivity contribution < 1.29 is 42.6 Å². The van der Waals surface area contributed by atoms with Gasteiger partial charge >= 0.3 is 0 Å². The van der Waals surface area contributed by atoms with Crippen LogP contribution in [0.4, 0.5) is 11.5 Å². The number of nitrogens with zero attached hydrogens (tertiary/aromatic N) is 2. The number of anilines is 2. The summed E-state index contributed by atoms with van der Waals surface area (Å²) in [5.74, 6) is 1.03. The van der Waals surface area contributed by atoms with Crippen LogP contribution in [0.25, 0.3) is 10.9 Å². The van der Waals surface area contributed by atoms with E-state index in [1.54, 1.807) is 12.1 Å². The molecule has 6 heteroatoms. The molecule has 0 bridgehead atoms. The fraction of sp³-hybridized carbons (Fsp3) is 0.0625. The number of phenolic OH excluding ortho intramolecular Hbond substituents is 1. The maximum absolute atomic E-state index is 9.93. The summed E-state index contributed by atoms with van der Waals surface area (Å²) in [5, 5.41) is 13.9. The molecule has 0 aliphatic heterocycles. The number of nitrogens with one attached hydrogen (secondary N) is 1. The number of rotatable bonds is 3. The molecule has 0 aliphatic rings. The topological polar surface area (TPSA) is 67.3 Å². The van der Waals surface area contributed by atoms with Crippen LogP contribution in [-0.2, 0) is 32.7 Å². The van der Waals surface area contributed by atoms with Gasteiger partial charge in [0, 0.05) is 44.2 Å². The number of ether oxygens (including phenoxy) is 1. The smallest absolute Gasteiger partial charge is 0.162 e. The van der Waals surface area contributed by atoms with Crippen LogP contribution in [0.3, 0.4) is 0 Å². The Bertz CT molecular complexity index is 808. The van der Waals surface area contributed by atoms with Crippen molar-refractivity contribution in [3.63, 3.8) is 0 Å². The van der Waals surface area contributed by atoms with Crippen LogP contribution in [0.15, 0.2) is 42.7 Å². The minimum Gasteiger partial charge on any atom is -0.504 e. The number of para-hydroxylation sites is 1. The number of hydrogen-bond donors (Lipinski definition) is 2. The number of aromatic nitrogens is 2. The van der Waals surface area contributed by atoms with Crippen LogP contribution >= 0.6 is 0 Å². The summed E-state index contributed by atoms with van der Waals surface area (Å²) in [6.45, 7) is 3.97. The minimum absolute atomic E-state index is 0. The first-order chi connectivity index (χ1) is 10.2. The molecule has 0 unspecified atom stereocenters. The van der Waals surface area contributed by atoms with Gasteiger partial charge < -0.3 is 15.2 Å². The summed E-state index contributed by atoms with van der Waals surface area (Å²) in [5.41, 5.74) is 2.40. The molecule has 0 atom stereocenters. The van der Waals surface area contributed by atoms with E-state index in [-0.39, 0.29) is 38.5 Å². The van der Waals surface area contributed by atoms with E-state index in [1.807, 2.05) is 24.3 Å². The molecule has 2 N–H and O–H groups in total. The van der Waals surface area contributed by atoms with Gasteiger partial charge in [-0.3, -0.25) is 0 Å². The summed E-state index contributed by atoms with van der Waals surface area (Å²) in [6, 6.07) is 10.9. The molecule has 109 valence electrons. The molecule has 1 radical (unpaired) electrons. The molecule has 0 aliphatic carbocycles. The Morgan fingerprint density at radius 2 is 1.95 bits per heavy atom. The van der Waals surface area contributed by atoms with Gasteiger partial charge in [0.25, 0.3) is 0 Å². The number of benzene rings is 2. The van der Waals surface area contributed by atoms with Gasteiger partial charge in [-0.1, -0.05) is 17.8 Å². The van der Waals surface area contributed by atoms with E-state index < -0.39 is 0 Å². The van der Waals surface area contributed by atoms with Gasteiger partial charge in [0.1, 0.15) is 12.1 Å². The summed E-state index contributed by atoms with van der Waals surface area (Å²) >= 11 is 0. The van der Waals surface area contributed by atoms with Gasteiger partial charge in [0.15, 0.2) is 11.5 Å². The second kappa shape index (κ2) is 6.94. The van der Waals surface area contributed by atoms with E-state index in [4.69, 9.17) is 4.74 Å². The van der Waals surface area contributed by atoms with Crippen LogP contribution in [-0.4, -0.2) is 22.2 Å². The van der Waals surface area contributed by atoms with Crippen LogP contribution in [0.5, 0.6) is 11.5 Å². The number of aromatic hydroxyl groups is 1. The molecular weight excluding hydrogens is 355 g/mol. The minimum atomic E-state index is 0. The zero-order valence-corrected chi connectivity index (χ0v) is 14.9. The van der Waals surface area contributed by atoms with E-state index >= 15 is 0 Å². The molecular formula is C16H14N3O2Y-. The fourth-order valence-electron chi connectivity index (χ4n) is 2.11. The van der Waals surface area contributed by atoms with Crippen molar-refractivity contribution in [2.75, 3.05) is 12.4 Å². The molecule has 0 saturated carbocycles. The van der Waals surface area contributed by atoms with Crippen LogP contribution < -0.4 is 10.1 Å². The third-order valence-corrected chi connectivity index (χ3v) is 3.21. The molecule has 0 saturated heterocycles. The number of methoxy groups -OCH3 is 1. The average molecular weight is 369 g/mol. The summed E-state index contributed by atoms with van der Waals surface area (Å²) in [6.07, 6.45) is 1.47. The van der Waals surface area contributed by atoms with Gasteiger partial charge in [0.2, 0.25) is 0 Å². The van der Waals surface area contributed by atoms with Crippen molar-refractivity contribution in [1.29, 1.82) is 0 Å². The zero-order chi connectivity index (χ0) is 14.8. The molecule has 1 aromatic heterocycles. The van der Waals surface area contributed by atoms with Crippen molar-refractivity contribution in [2.45, 2.75) is 0 Å². The SMILES string of the molecule is [CH2-]c1ccccc1Nc1ncnc2cc(OC)c(O)cc12.[Y]. The fourth-order valence-corrected chi connectivity index (χ4v) is 2.11. The monoisotopic (exact) mass is 369 g/mol. The van der Waals surface area contributed by atoms with Gasteiger partial charge in [0.05, 0.1) is 12.6 Å². The molecule has 2 aromatic carbocycles. The quantitative estimate of drug-likeness (QED) is 0.694. The zero-order valence-electron chi connectivity index (χ0n) is 12.1. The molecule has 22 heavy (non-hydrogen) atoms. The standard InChI is InChI=1S/C16H14N3O2.Y/c1-10-5-3-4-6-12(10)19-16-11-7-14(20)15(21-2)8-13(11)17-9-18-16;/h3-9,20H,1H2,2H3,(H,17,18,19);/q-1;. The maximum atomic E-state index is 9.93. The number of phenols is 1. The van der Waals surface area contributed by atoms with Crippen molar-refractivity contribution in [2.24, 2.45) is 0 Å². The Labute approximate surface area is 153 Å². The van der Waals surface area contributed by atoms with E-state index in [9.17, 15) is 5.11 Å². The van der Waals surface area contributed by atoms with Gasteiger partial charge in [-0.25, -0.2) is 9.97 Å². The second-order valence-corrected chi connectivity index (χ2v) is 4.55. The first-order valence-corrected chi connectivity index (χ1v) is 6.39. The van der Waals surface area contributed by atoms with Gasteiger partial charge in [-0.2, -0.15) is 18.6 Å². The van der Waals surface area contributed by atoms with E-state index in [0.29, 0.717) is 22.5 Å². The average Bonchev–Trinajstić information content (AvgIpc) is 2.49. The Hall–Kier alpha value is -1.85. The Balaban J connectivity index is 0.00000176. The van der Waals surface area contributed by atoms with E-state index in [1.165, 1.54) is 13.4 Å². The first-order valence-electron chi connectivity index (χ1n) is 6.39. The van der Waals surface area contributed by atoms with E-state index in [2.05, 4.69) is 22.2 Å². The molecule has 3 rings (SSSR count). The molecule has 0 fully saturated rings. The van der Waals surface area contributed by atoms with Crippen LogP contribution in [0.2, 0.25) is 0 Å². The van der Waals surface area contributed by atoms with Crippen molar-refractivity contribution in [3.8, 4) is 11.5 Å². The maximum Gasteiger partial charge on any atom is 0.162 e. The summed E-state index contributed by atoms with van der Waals surface area (Å²) in [7, 11) is 1.50. The summed E-state index contributed by atoms with van der Waals surface area (Å²) in [4.78, 5) is 8.44. The predicted octanol–water partition coefficient (Wildman–Crippen LogP) is 3.27. The first kappa shape index (κ1) is 16.5. The molecule has 0 amide bonds. The van der Waals surface area contributed by atoms with Crippen LogP contribution in [0, 0.1) is 6.92 Å². The predicted molar refractivity (Wildman–Crippen MR) is 81.9 cm³/mol. The molecule has 0 spiro atoms. The third kappa shape index (κ3) is 3.15. The Kier molecular flexibility index (Phi) is 5.21. The largest absolute Gasteiger partial charge is 0.504 e. The second-order valence-electron chi connectivity index (χ2n) is 4.55. The molecule has 5 nitrogen and oxygen atoms in total. The van der Waals surface area contributed by atoms with Crippen molar-refractivity contribution in [1.82, 2.24) is 9.97 Å². The Morgan fingerprint density at radius 1 is 1.18 bits per heavy atom.